The van der Waals surface area contributed by atoms with Crippen molar-refractivity contribution >= 4 is 23.3 Å². The van der Waals surface area contributed by atoms with E-state index in [4.69, 9.17) is 11.6 Å². The number of nitrogens with one attached hydrogen (secondary N) is 1. The topological polar surface area (TPSA) is 36.8 Å². The van der Waals surface area contributed by atoms with Gasteiger partial charge >= 0.3 is 0 Å². The standard InChI is InChI=1S/C10H10ClN3/c1-7-12-9(14-10(11)13-7)8-5-3-2-4-6-8/h2-6,10H,1H3,(H,12,13,14). The number of amidine groups is 2. The van der Waals surface area contributed by atoms with Crippen molar-refractivity contribution in [2.75, 3.05) is 0 Å². The first-order chi connectivity index (χ1) is 6.75. The van der Waals surface area contributed by atoms with Crippen LogP contribution in [0.25, 0.3) is 0 Å². The van der Waals surface area contributed by atoms with E-state index in [1.807, 2.05) is 37.3 Å². The van der Waals surface area contributed by atoms with E-state index in [0.717, 1.165) is 11.4 Å². The lowest BCUT2D eigenvalue weighted by Crippen LogP contribution is -2.32. The summed E-state index contributed by atoms with van der Waals surface area (Å²) >= 11 is 5.88. The second-order valence-electron chi connectivity index (χ2n) is 3.00. The molecule has 4 heteroatoms. The van der Waals surface area contributed by atoms with Crippen LogP contribution >= 0.6 is 11.6 Å². The minimum Gasteiger partial charge on any atom is -0.340 e. The summed E-state index contributed by atoms with van der Waals surface area (Å²) in [6.45, 7) is 1.87. The molecule has 0 aromatic heterocycles. The van der Waals surface area contributed by atoms with Crippen LogP contribution in [0.2, 0.25) is 0 Å². The Kier molecular flexibility index (Phi) is 2.50. The van der Waals surface area contributed by atoms with E-state index in [2.05, 4.69) is 15.3 Å². The van der Waals surface area contributed by atoms with Gasteiger partial charge in [-0.15, -0.1) is 0 Å². The summed E-state index contributed by atoms with van der Waals surface area (Å²) < 4.78 is 0. The maximum atomic E-state index is 5.88. The number of rotatable bonds is 1. The van der Waals surface area contributed by atoms with Gasteiger partial charge in [0.2, 0.25) is 0 Å². The molecule has 3 nitrogen and oxygen atoms in total. The smallest absolute Gasteiger partial charge is 0.198 e. The second kappa shape index (κ2) is 3.80. The molecule has 0 bridgehead atoms. The Morgan fingerprint density at radius 2 is 2.00 bits per heavy atom. The summed E-state index contributed by atoms with van der Waals surface area (Å²) in [6, 6.07) is 9.79. The molecule has 1 aliphatic heterocycles. The molecule has 1 aliphatic rings. The third kappa shape index (κ3) is 1.93. The van der Waals surface area contributed by atoms with E-state index in [0.29, 0.717) is 5.84 Å². The molecule has 0 radical (unpaired) electrons. The van der Waals surface area contributed by atoms with Crippen LogP contribution in [0.5, 0.6) is 0 Å². The van der Waals surface area contributed by atoms with Gasteiger partial charge in [0.15, 0.2) is 11.5 Å². The maximum absolute atomic E-state index is 5.88. The van der Waals surface area contributed by atoms with E-state index in [9.17, 15) is 0 Å². The number of hydrogen-bond donors (Lipinski definition) is 1. The van der Waals surface area contributed by atoms with E-state index in [1.165, 1.54) is 0 Å². The lowest BCUT2D eigenvalue weighted by molar-refractivity contribution is 0.827. The molecule has 72 valence electrons. The number of nitrogens with zero attached hydrogens (tertiary/aromatic N) is 2. The summed E-state index contributed by atoms with van der Waals surface area (Å²) in [4.78, 5) is 8.46. The zero-order valence-corrected chi connectivity index (χ0v) is 8.49. The van der Waals surface area contributed by atoms with Crippen LogP contribution < -0.4 is 5.32 Å². The van der Waals surface area contributed by atoms with Crippen LogP contribution in [0.4, 0.5) is 0 Å². The van der Waals surface area contributed by atoms with Crippen molar-refractivity contribution in [3.8, 4) is 0 Å². The summed E-state index contributed by atoms with van der Waals surface area (Å²) in [6.07, 6.45) is 0. The fraction of sp³-hybridized carbons (Fsp3) is 0.200. The van der Waals surface area contributed by atoms with Crippen LogP contribution in [0.15, 0.2) is 40.3 Å². The molecule has 0 spiro atoms. The molecule has 14 heavy (non-hydrogen) atoms. The van der Waals surface area contributed by atoms with Gasteiger partial charge in [-0.2, -0.15) is 0 Å². The van der Waals surface area contributed by atoms with E-state index < -0.39 is 5.62 Å². The first-order valence-electron chi connectivity index (χ1n) is 4.35. The van der Waals surface area contributed by atoms with Gasteiger partial charge in [0.25, 0.3) is 0 Å². The molecule has 2 rings (SSSR count). The predicted molar refractivity (Wildman–Crippen MR) is 58.9 cm³/mol. The van der Waals surface area contributed by atoms with Gasteiger partial charge in [-0.3, -0.25) is 0 Å². The summed E-state index contributed by atoms with van der Waals surface area (Å²) in [5, 5.41) is 2.91. The van der Waals surface area contributed by atoms with E-state index in [1.54, 1.807) is 0 Å². The predicted octanol–water partition coefficient (Wildman–Crippen LogP) is 1.98. The van der Waals surface area contributed by atoms with Crippen molar-refractivity contribution in [1.29, 1.82) is 0 Å². The Bertz CT molecular complexity index is 384. The molecule has 1 heterocycles. The van der Waals surface area contributed by atoms with Gasteiger partial charge in [0, 0.05) is 5.56 Å². The molecule has 1 unspecified atom stereocenters. The Morgan fingerprint density at radius 1 is 1.29 bits per heavy atom. The van der Waals surface area contributed by atoms with Crippen LogP contribution in [-0.4, -0.2) is 17.3 Å². The Morgan fingerprint density at radius 3 is 2.64 bits per heavy atom. The van der Waals surface area contributed by atoms with Crippen LogP contribution in [0.3, 0.4) is 0 Å². The molecule has 0 aliphatic carbocycles. The highest BCUT2D eigenvalue weighted by Crippen LogP contribution is 2.09. The zero-order valence-electron chi connectivity index (χ0n) is 7.74. The average Bonchev–Trinajstić information content (AvgIpc) is 2.18. The number of benzene rings is 1. The van der Waals surface area contributed by atoms with Crippen LogP contribution in [0.1, 0.15) is 12.5 Å². The summed E-state index contributed by atoms with van der Waals surface area (Å²) in [5.41, 5.74) is 0.571. The quantitative estimate of drug-likeness (QED) is 0.555. The first kappa shape index (κ1) is 9.21. The van der Waals surface area contributed by atoms with Gasteiger partial charge in [0.1, 0.15) is 5.84 Å². The number of aliphatic imine (C=N–C) groups is 2. The van der Waals surface area contributed by atoms with E-state index >= 15 is 0 Å². The molecular formula is C10H10ClN3. The van der Waals surface area contributed by atoms with Crippen molar-refractivity contribution < 1.29 is 0 Å². The fourth-order valence-electron chi connectivity index (χ4n) is 1.26. The van der Waals surface area contributed by atoms with Crippen molar-refractivity contribution in [3.05, 3.63) is 35.9 Å². The Balaban J connectivity index is 2.36. The summed E-state index contributed by atoms with van der Waals surface area (Å²) in [7, 11) is 0. The highest BCUT2D eigenvalue weighted by atomic mass is 35.5. The zero-order chi connectivity index (χ0) is 9.97. The lowest BCUT2D eigenvalue weighted by Gasteiger charge is -2.15. The second-order valence-corrected chi connectivity index (χ2v) is 3.41. The number of alkyl halides is 1. The molecule has 0 amide bonds. The Hall–Kier alpha value is -1.35. The number of halogens is 1. The maximum Gasteiger partial charge on any atom is 0.198 e. The van der Waals surface area contributed by atoms with Gasteiger partial charge in [-0.1, -0.05) is 41.9 Å². The molecule has 1 atom stereocenters. The molecule has 1 aromatic carbocycles. The van der Waals surface area contributed by atoms with Gasteiger partial charge in [0.05, 0.1) is 0 Å². The molecular weight excluding hydrogens is 198 g/mol. The molecule has 1 aromatic rings. The van der Waals surface area contributed by atoms with Crippen molar-refractivity contribution in [1.82, 2.24) is 5.32 Å². The highest BCUT2D eigenvalue weighted by molar-refractivity contribution is 6.23. The van der Waals surface area contributed by atoms with Crippen molar-refractivity contribution in [2.45, 2.75) is 12.5 Å². The van der Waals surface area contributed by atoms with Crippen LogP contribution in [0, 0.1) is 0 Å². The third-order valence-electron chi connectivity index (χ3n) is 1.87. The molecule has 0 saturated carbocycles. The van der Waals surface area contributed by atoms with Gasteiger partial charge in [-0.25, -0.2) is 9.98 Å². The van der Waals surface area contributed by atoms with Crippen LogP contribution in [-0.2, 0) is 0 Å². The normalized spacial score (nSPS) is 20.9. The van der Waals surface area contributed by atoms with Gasteiger partial charge in [-0.05, 0) is 6.92 Å². The van der Waals surface area contributed by atoms with Crippen molar-refractivity contribution in [2.24, 2.45) is 9.98 Å². The van der Waals surface area contributed by atoms with Gasteiger partial charge < -0.3 is 5.32 Å². The molecule has 0 fully saturated rings. The largest absolute Gasteiger partial charge is 0.340 e. The monoisotopic (exact) mass is 207 g/mol. The SMILES string of the molecule is CC1=NC(c2ccccc2)=NC(Cl)N1. The average molecular weight is 208 g/mol. The lowest BCUT2D eigenvalue weighted by atomic mass is 10.2. The number of hydrogen-bond acceptors (Lipinski definition) is 3. The Labute approximate surface area is 87.5 Å². The molecule has 1 N–H and O–H groups in total. The van der Waals surface area contributed by atoms with E-state index in [-0.39, 0.29) is 0 Å². The van der Waals surface area contributed by atoms with Crippen molar-refractivity contribution in [3.63, 3.8) is 0 Å². The summed E-state index contributed by atoms with van der Waals surface area (Å²) in [5.74, 6) is 1.47. The third-order valence-corrected chi connectivity index (χ3v) is 2.08. The minimum absolute atomic E-state index is 0.414. The fourth-order valence-corrected chi connectivity index (χ4v) is 1.51. The highest BCUT2D eigenvalue weighted by Gasteiger charge is 2.12. The first-order valence-corrected chi connectivity index (χ1v) is 4.78. The minimum atomic E-state index is -0.414. The molecule has 0 saturated heterocycles.